The van der Waals surface area contributed by atoms with Crippen LogP contribution in [0.15, 0.2) is 11.3 Å². The van der Waals surface area contributed by atoms with Crippen molar-refractivity contribution in [2.24, 2.45) is 4.99 Å². The fourth-order valence-corrected chi connectivity index (χ4v) is 2.42. The Kier molecular flexibility index (Phi) is 9.06. The fourth-order valence-electron chi connectivity index (χ4n) is 1.55. The Bertz CT molecular complexity index is 495. The van der Waals surface area contributed by atoms with Crippen molar-refractivity contribution in [2.75, 3.05) is 33.1 Å². The van der Waals surface area contributed by atoms with Crippen LogP contribution in [0, 0.1) is 18.4 Å². The second kappa shape index (κ2) is 10.9. The number of hydrogen-bond donors (Lipinski definition) is 3. The summed E-state index contributed by atoms with van der Waals surface area (Å²) >= 11 is 1.76. The molecule has 8 nitrogen and oxygen atoms in total. The summed E-state index contributed by atoms with van der Waals surface area (Å²) < 4.78 is 10.1. The Labute approximate surface area is 134 Å². The second-order valence-corrected chi connectivity index (χ2v) is 5.39. The number of aromatic amines is 1. The number of imidazole rings is 1. The highest BCUT2D eigenvalue weighted by Crippen LogP contribution is 2.11. The fraction of sp³-hybridized carbons (Fsp3) is 0.615. The Morgan fingerprint density at radius 1 is 1.55 bits per heavy atom. The third kappa shape index (κ3) is 6.80. The quantitative estimate of drug-likeness (QED) is 0.152. The Hall–Kier alpha value is -1.76. The average Bonchev–Trinajstić information content (AvgIpc) is 2.93. The summed E-state index contributed by atoms with van der Waals surface area (Å²) in [5.74, 6) is 2.14. The number of aryl methyl sites for hydroxylation is 1. The topological polar surface area (TPSA) is 107 Å². The van der Waals surface area contributed by atoms with Gasteiger partial charge in [-0.05, 0) is 6.92 Å². The average molecular weight is 326 g/mol. The molecule has 0 fully saturated rings. The monoisotopic (exact) mass is 326 g/mol. The molecule has 0 aliphatic carbocycles. The zero-order chi connectivity index (χ0) is 16.2. The van der Waals surface area contributed by atoms with E-state index in [1.807, 2.05) is 13.1 Å². The number of methoxy groups -OCH3 is 2. The standard InChI is InChI=1S/C13H22N6O2S/c1-10-11(19-9-18-10)7-22-5-4-15-13(17-8-14)16-6-12(20-2)21-3/h9,12H,4-7H2,1-3H3,(H,18,19)(H2,15,16,17). The second-order valence-electron chi connectivity index (χ2n) is 4.28. The highest BCUT2D eigenvalue weighted by molar-refractivity contribution is 7.98. The van der Waals surface area contributed by atoms with Crippen molar-refractivity contribution in [2.45, 2.75) is 19.0 Å². The number of aromatic nitrogens is 2. The Morgan fingerprint density at radius 2 is 2.32 bits per heavy atom. The molecular formula is C13H22N6O2S. The lowest BCUT2D eigenvalue weighted by molar-refractivity contribution is -0.0937. The highest BCUT2D eigenvalue weighted by atomic mass is 32.2. The first-order valence-electron chi connectivity index (χ1n) is 6.76. The molecule has 0 saturated heterocycles. The first kappa shape index (κ1) is 18.3. The molecule has 0 spiro atoms. The Balaban J connectivity index is 2.27. The predicted molar refractivity (Wildman–Crippen MR) is 86.3 cm³/mol. The molecular weight excluding hydrogens is 304 g/mol. The number of nitrogens with one attached hydrogen (secondary N) is 3. The molecule has 0 radical (unpaired) electrons. The van der Waals surface area contributed by atoms with Gasteiger partial charge in [-0.3, -0.25) is 5.32 Å². The molecule has 0 saturated carbocycles. The lowest BCUT2D eigenvalue weighted by Crippen LogP contribution is -2.37. The van der Waals surface area contributed by atoms with Crippen LogP contribution in [0.3, 0.4) is 0 Å². The molecule has 9 heteroatoms. The summed E-state index contributed by atoms with van der Waals surface area (Å²) in [4.78, 5) is 11.5. The lowest BCUT2D eigenvalue weighted by Gasteiger charge is -2.12. The van der Waals surface area contributed by atoms with Crippen molar-refractivity contribution in [1.82, 2.24) is 20.6 Å². The van der Waals surface area contributed by atoms with Crippen LogP contribution in [0.1, 0.15) is 11.4 Å². The van der Waals surface area contributed by atoms with E-state index < -0.39 is 6.29 Å². The SMILES string of the molecule is COC(CN=C(NC#N)NCCSCc1nc[nH]c1C)OC. The van der Waals surface area contributed by atoms with E-state index in [-0.39, 0.29) is 0 Å². The van der Waals surface area contributed by atoms with Gasteiger partial charge in [-0.25, -0.2) is 9.98 Å². The molecule has 0 bridgehead atoms. The van der Waals surface area contributed by atoms with Gasteiger partial charge >= 0.3 is 0 Å². The molecule has 1 heterocycles. The van der Waals surface area contributed by atoms with Gasteiger partial charge in [0.15, 0.2) is 12.5 Å². The number of nitriles is 1. The third-order valence-corrected chi connectivity index (χ3v) is 3.78. The van der Waals surface area contributed by atoms with Crippen molar-refractivity contribution in [3.8, 4) is 6.19 Å². The maximum Gasteiger partial charge on any atom is 0.204 e. The smallest absolute Gasteiger partial charge is 0.204 e. The lowest BCUT2D eigenvalue weighted by atomic mass is 10.4. The molecule has 1 rings (SSSR count). The third-order valence-electron chi connectivity index (χ3n) is 2.81. The molecule has 1 aromatic heterocycles. The van der Waals surface area contributed by atoms with Crippen LogP contribution in [-0.2, 0) is 15.2 Å². The summed E-state index contributed by atoms with van der Waals surface area (Å²) in [5.41, 5.74) is 2.16. The number of ether oxygens (including phenoxy) is 2. The number of thioether (sulfide) groups is 1. The van der Waals surface area contributed by atoms with E-state index in [2.05, 4.69) is 25.6 Å². The largest absolute Gasteiger partial charge is 0.355 e. The van der Waals surface area contributed by atoms with E-state index in [0.717, 1.165) is 22.9 Å². The highest BCUT2D eigenvalue weighted by Gasteiger charge is 2.05. The molecule has 3 N–H and O–H groups in total. The van der Waals surface area contributed by atoms with Crippen molar-refractivity contribution in [3.63, 3.8) is 0 Å². The molecule has 0 unspecified atom stereocenters. The normalized spacial score (nSPS) is 11.5. The molecule has 0 aromatic carbocycles. The summed E-state index contributed by atoms with van der Waals surface area (Å²) in [5, 5.41) is 14.3. The number of guanidine groups is 1. The van der Waals surface area contributed by atoms with Crippen molar-refractivity contribution in [3.05, 3.63) is 17.7 Å². The van der Waals surface area contributed by atoms with Gasteiger partial charge in [0.05, 0.1) is 18.6 Å². The molecule has 1 aromatic rings. The molecule has 122 valence electrons. The van der Waals surface area contributed by atoms with Gasteiger partial charge < -0.3 is 19.8 Å². The van der Waals surface area contributed by atoms with Gasteiger partial charge in [0.25, 0.3) is 0 Å². The number of nitrogens with zero attached hydrogens (tertiary/aromatic N) is 3. The molecule has 0 aliphatic heterocycles. The van der Waals surface area contributed by atoms with Gasteiger partial charge in [-0.15, -0.1) is 0 Å². The van der Waals surface area contributed by atoms with Crippen LogP contribution < -0.4 is 10.6 Å². The number of hydrogen-bond acceptors (Lipinski definition) is 6. The summed E-state index contributed by atoms with van der Waals surface area (Å²) in [6.07, 6.45) is 3.13. The van der Waals surface area contributed by atoms with Crippen molar-refractivity contribution in [1.29, 1.82) is 5.26 Å². The number of aliphatic imine (C=N–C) groups is 1. The van der Waals surface area contributed by atoms with Crippen LogP contribution in [-0.4, -0.2) is 55.3 Å². The minimum absolute atomic E-state index is 0.309. The van der Waals surface area contributed by atoms with E-state index in [9.17, 15) is 0 Å². The van der Waals surface area contributed by atoms with Crippen LogP contribution >= 0.6 is 11.8 Å². The van der Waals surface area contributed by atoms with Crippen LogP contribution in [0.2, 0.25) is 0 Å². The number of rotatable bonds is 9. The van der Waals surface area contributed by atoms with Crippen LogP contribution in [0.25, 0.3) is 0 Å². The molecule has 22 heavy (non-hydrogen) atoms. The first-order valence-corrected chi connectivity index (χ1v) is 7.92. The van der Waals surface area contributed by atoms with Crippen molar-refractivity contribution < 1.29 is 9.47 Å². The maximum absolute atomic E-state index is 8.71. The van der Waals surface area contributed by atoms with Gasteiger partial charge in [0, 0.05) is 38.0 Å². The minimum Gasteiger partial charge on any atom is -0.355 e. The Morgan fingerprint density at radius 3 is 2.91 bits per heavy atom. The maximum atomic E-state index is 8.71. The van der Waals surface area contributed by atoms with Gasteiger partial charge in [-0.2, -0.15) is 17.0 Å². The predicted octanol–water partition coefficient (Wildman–Crippen LogP) is 0.587. The zero-order valence-electron chi connectivity index (χ0n) is 13.0. The van der Waals surface area contributed by atoms with E-state index >= 15 is 0 Å². The van der Waals surface area contributed by atoms with E-state index in [1.54, 1.807) is 32.3 Å². The summed E-state index contributed by atoms with van der Waals surface area (Å²) in [6.45, 7) is 3.00. The summed E-state index contributed by atoms with van der Waals surface area (Å²) in [6, 6.07) is 0. The molecule has 0 aliphatic rings. The van der Waals surface area contributed by atoms with Gasteiger partial charge in [0.2, 0.25) is 5.96 Å². The molecule has 0 amide bonds. The van der Waals surface area contributed by atoms with Crippen LogP contribution in [0.4, 0.5) is 0 Å². The van der Waals surface area contributed by atoms with Gasteiger partial charge in [0.1, 0.15) is 0 Å². The van der Waals surface area contributed by atoms with E-state index in [0.29, 0.717) is 19.0 Å². The zero-order valence-corrected chi connectivity index (χ0v) is 13.9. The van der Waals surface area contributed by atoms with E-state index in [1.165, 1.54) is 0 Å². The van der Waals surface area contributed by atoms with E-state index in [4.69, 9.17) is 14.7 Å². The van der Waals surface area contributed by atoms with Crippen LogP contribution in [0.5, 0.6) is 0 Å². The number of H-pyrrole nitrogens is 1. The van der Waals surface area contributed by atoms with Gasteiger partial charge in [-0.1, -0.05) is 0 Å². The first-order chi connectivity index (χ1) is 10.7. The minimum atomic E-state index is -0.422. The molecule has 0 atom stereocenters. The summed E-state index contributed by atoms with van der Waals surface area (Å²) in [7, 11) is 3.09. The van der Waals surface area contributed by atoms with Crippen molar-refractivity contribution >= 4 is 17.7 Å².